The molecule has 0 saturated carbocycles. The monoisotopic (exact) mass is 334 g/mol. The number of hydrogen-bond donors (Lipinski definition) is 2. The van der Waals surface area contributed by atoms with Gasteiger partial charge in [-0.25, -0.2) is 9.18 Å². The topological polar surface area (TPSA) is 83.8 Å². The molecule has 24 heavy (non-hydrogen) atoms. The van der Waals surface area contributed by atoms with Crippen molar-refractivity contribution < 1.29 is 18.7 Å². The Kier molecular flexibility index (Phi) is 3.56. The summed E-state index contributed by atoms with van der Waals surface area (Å²) >= 11 is 0. The second kappa shape index (κ2) is 5.62. The number of carbonyl (C=O) groups excluding carboxylic acids is 2. The second-order valence-corrected chi connectivity index (χ2v) is 6.47. The van der Waals surface area contributed by atoms with Crippen LogP contribution in [0.25, 0.3) is 0 Å². The smallest absolute Gasteiger partial charge is 0.414 e. The summed E-state index contributed by atoms with van der Waals surface area (Å²) in [5, 5.41) is 5.93. The zero-order chi connectivity index (χ0) is 16.8. The minimum atomic E-state index is -0.524. The average molecular weight is 334 g/mol. The molecule has 8 heteroatoms. The molecule has 7 nitrogen and oxygen atoms in total. The first-order valence-corrected chi connectivity index (χ1v) is 8.04. The van der Waals surface area contributed by atoms with E-state index in [0.29, 0.717) is 23.5 Å². The Bertz CT molecular complexity index is 688. The SMILES string of the molecule is CC(=O)NCC1CN(c2ccc(N3CC4NC4C3)c(F)c2)C(=O)O1. The number of anilines is 2. The number of carbonyl (C=O) groups is 2. The number of piperazine rings is 1. The number of rotatable bonds is 4. The first-order chi connectivity index (χ1) is 11.5. The Hall–Kier alpha value is -2.35. The number of nitrogens with zero attached hydrogens (tertiary/aromatic N) is 2. The number of halogens is 1. The number of fused-ring (bicyclic) bond motifs is 1. The van der Waals surface area contributed by atoms with E-state index in [9.17, 15) is 14.0 Å². The molecule has 0 aromatic heterocycles. The molecule has 1 aromatic rings. The third-order valence-corrected chi connectivity index (χ3v) is 4.68. The zero-order valence-corrected chi connectivity index (χ0v) is 13.3. The van der Waals surface area contributed by atoms with Crippen molar-refractivity contribution in [1.82, 2.24) is 10.6 Å². The summed E-state index contributed by atoms with van der Waals surface area (Å²) in [7, 11) is 0. The fourth-order valence-corrected chi connectivity index (χ4v) is 3.34. The normalized spacial score (nSPS) is 27.9. The molecule has 128 valence electrons. The van der Waals surface area contributed by atoms with Crippen molar-refractivity contribution in [2.75, 3.05) is 36.0 Å². The van der Waals surface area contributed by atoms with Crippen LogP contribution in [0.4, 0.5) is 20.6 Å². The van der Waals surface area contributed by atoms with Gasteiger partial charge in [-0.3, -0.25) is 9.69 Å². The molecule has 3 atom stereocenters. The molecule has 3 aliphatic rings. The molecule has 0 spiro atoms. The molecule has 0 radical (unpaired) electrons. The van der Waals surface area contributed by atoms with Crippen LogP contribution in [0.1, 0.15) is 6.92 Å². The number of benzene rings is 1. The average Bonchev–Trinajstić information content (AvgIpc) is 2.97. The molecule has 4 rings (SSSR count). The van der Waals surface area contributed by atoms with Crippen LogP contribution in [-0.4, -0.2) is 56.4 Å². The van der Waals surface area contributed by atoms with Crippen molar-refractivity contribution in [2.24, 2.45) is 0 Å². The summed E-state index contributed by atoms with van der Waals surface area (Å²) in [4.78, 5) is 26.3. The van der Waals surface area contributed by atoms with Crippen molar-refractivity contribution in [3.05, 3.63) is 24.0 Å². The standard InChI is InChI=1S/C16H19FN4O3/c1-9(22)18-5-11-6-21(16(23)24-11)10-2-3-15(12(17)4-10)20-7-13-14(8-20)19-13/h2-4,11,13-14,19H,5-8H2,1H3,(H,18,22). The van der Waals surface area contributed by atoms with Gasteiger partial charge in [-0.05, 0) is 18.2 Å². The van der Waals surface area contributed by atoms with E-state index in [1.807, 2.05) is 4.90 Å². The van der Waals surface area contributed by atoms with Crippen LogP contribution in [0.3, 0.4) is 0 Å². The van der Waals surface area contributed by atoms with E-state index in [-0.39, 0.29) is 24.8 Å². The maximum atomic E-state index is 14.5. The highest BCUT2D eigenvalue weighted by Gasteiger charge is 2.45. The Balaban J connectivity index is 1.45. The predicted octanol–water partition coefficient (Wildman–Crippen LogP) is 0.447. The number of nitrogens with one attached hydrogen (secondary N) is 2. The van der Waals surface area contributed by atoms with E-state index in [0.717, 1.165) is 13.1 Å². The molecule has 2 N–H and O–H groups in total. The third kappa shape index (κ3) is 2.77. The van der Waals surface area contributed by atoms with Crippen LogP contribution >= 0.6 is 0 Å². The Labute approximate surface area is 138 Å². The fraction of sp³-hybridized carbons (Fsp3) is 0.500. The molecular weight excluding hydrogens is 315 g/mol. The highest BCUT2D eigenvalue weighted by Crippen LogP contribution is 2.32. The van der Waals surface area contributed by atoms with Crippen molar-refractivity contribution in [2.45, 2.75) is 25.1 Å². The van der Waals surface area contributed by atoms with Crippen LogP contribution in [-0.2, 0) is 9.53 Å². The first-order valence-electron chi connectivity index (χ1n) is 8.04. The molecule has 1 aromatic carbocycles. The van der Waals surface area contributed by atoms with E-state index < -0.39 is 12.2 Å². The minimum absolute atomic E-state index is 0.182. The van der Waals surface area contributed by atoms with Gasteiger partial charge in [0.05, 0.1) is 24.5 Å². The van der Waals surface area contributed by atoms with Gasteiger partial charge in [0, 0.05) is 32.1 Å². The van der Waals surface area contributed by atoms with Gasteiger partial charge in [0.25, 0.3) is 0 Å². The largest absolute Gasteiger partial charge is 0.442 e. The maximum Gasteiger partial charge on any atom is 0.414 e. The van der Waals surface area contributed by atoms with Crippen molar-refractivity contribution in [3.63, 3.8) is 0 Å². The molecule has 3 saturated heterocycles. The Morgan fingerprint density at radius 1 is 1.38 bits per heavy atom. The van der Waals surface area contributed by atoms with Gasteiger partial charge in [-0.1, -0.05) is 0 Å². The van der Waals surface area contributed by atoms with E-state index in [2.05, 4.69) is 10.6 Å². The lowest BCUT2D eigenvalue weighted by Crippen LogP contribution is -2.33. The fourth-order valence-electron chi connectivity index (χ4n) is 3.34. The van der Waals surface area contributed by atoms with Crippen LogP contribution in [0.5, 0.6) is 0 Å². The second-order valence-electron chi connectivity index (χ2n) is 6.47. The number of cyclic esters (lactones) is 1. The highest BCUT2D eigenvalue weighted by molar-refractivity contribution is 5.90. The predicted molar refractivity (Wildman–Crippen MR) is 85.6 cm³/mol. The van der Waals surface area contributed by atoms with Crippen LogP contribution < -0.4 is 20.4 Å². The maximum absolute atomic E-state index is 14.5. The summed E-state index contributed by atoms with van der Waals surface area (Å²) in [5.74, 6) is -0.523. The van der Waals surface area contributed by atoms with Gasteiger partial charge >= 0.3 is 6.09 Å². The molecule has 0 bridgehead atoms. The van der Waals surface area contributed by atoms with Crippen LogP contribution in [0.2, 0.25) is 0 Å². The Morgan fingerprint density at radius 3 is 2.79 bits per heavy atom. The number of ether oxygens (including phenoxy) is 1. The molecule has 2 amide bonds. The van der Waals surface area contributed by atoms with Crippen molar-refractivity contribution in [1.29, 1.82) is 0 Å². The molecule has 3 unspecified atom stereocenters. The van der Waals surface area contributed by atoms with Crippen LogP contribution in [0.15, 0.2) is 18.2 Å². The first kappa shape index (κ1) is 15.2. The molecule has 3 heterocycles. The minimum Gasteiger partial charge on any atom is -0.442 e. The van der Waals surface area contributed by atoms with E-state index >= 15 is 0 Å². The number of hydrogen-bond acceptors (Lipinski definition) is 5. The summed E-state index contributed by atoms with van der Waals surface area (Å²) in [6.45, 7) is 3.56. The van der Waals surface area contributed by atoms with Gasteiger partial charge in [0.2, 0.25) is 5.91 Å². The lowest BCUT2D eigenvalue weighted by atomic mass is 10.2. The van der Waals surface area contributed by atoms with Gasteiger partial charge in [-0.15, -0.1) is 0 Å². The lowest BCUT2D eigenvalue weighted by molar-refractivity contribution is -0.119. The van der Waals surface area contributed by atoms with Crippen molar-refractivity contribution in [3.8, 4) is 0 Å². The van der Waals surface area contributed by atoms with Gasteiger partial charge in [-0.2, -0.15) is 0 Å². The van der Waals surface area contributed by atoms with Gasteiger partial charge < -0.3 is 20.3 Å². The Morgan fingerprint density at radius 2 is 2.12 bits per heavy atom. The highest BCUT2D eigenvalue weighted by atomic mass is 19.1. The molecule has 3 aliphatic heterocycles. The third-order valence-electron chi connectivity index (χ3n) is 4.68. The summed E-state index contributed by atoms with van der Waals surface area (Å²) in [5.41, 5.74) is 1.03. The van der Waals surface area contributed by atoms with Crippen LogP contribution in [0, 0.1) is 5.82 Å². The van der Waals surface area contributed by atoms with Gasteiger partial charge in [0.15, 0.2) is 0 Å². The van der Waals surface area contributed by atoms with E-state index in [4.69, 9.17) is 4.74 Å². The van der Waals surface area contributed by atoms with E-state index in [1.54, 1.807) is 12.1 Å². The molecular formula is C16H19FN4O3. The zero-order valence-electron chi connectivity index (χ0n) is 13.3. The lowest BCUT2D eigenvalue weighted by Gasteiger charge is -2.22. The number of amides is 2. The summed E-state index contributed by atoms with van der Waals surface area (Å²) in [6.07, 6.45) is -0.954. The summed E-state index contributed by atoms with van der Waals surface area (Å²) < 4.78 is 19.7. The molecule has 3 fully saturated rings. The quantitative estimate of drug-likeness (QED) is 0.781. The van der Waals surface area contributed by atoms with Gasteiger partial charge in [0.1, 0.15) is 11.9 Å². The van der Waals surface area contributed by atoms with Crippen molar-refractivity contribution >= 4 is 23.4 Å². The molecule has 0 aliphatic carbocycles. The van der Waals surface area contributed by atoms with E-state index in [1.165, 1.54) is 17.9 Å². The summed E-state index contributed by atoms with van der Waals surface area (Å²) in [6, 6.07) is 5.77.